The van der Waals surface area contributed by atoms with E-state index >= 15 is 0 Å². The normalized spacial score (nSPS) is 18.4. The first-order chi connectivity index (χ1) is 15.3. The van der Waals surface area contributed by atoms with Gasteiger partial charge in [-0.3, -0.25) is 15.0 Å². The highest BCUT2D eigenvalue weighted by Gasteiger charge is 2.34. The zero-order chi connectivity index (χ0) is 23.3. The van der Waals surface area contributed by atoms with Gasteiger partial charge in [-0.15, -0.1) is 0 Å². The van der Waals surface area contributed by atoms with Crippen molar-refractivity contribution in [3.05, 3.63) is 53.3 Å². The number of nitrogens with zero attached hydrogens (tertiary/aromatic N) is 2. The molecule has 0 saturated carbocycles. The molecule has 8 nitrogen and oxygen atoms in total. The van der Waals surface area contributed by atoms with Gasteiger partial charge in [0.1, 0.15) is 11.6 Å². The lowest BCUT2D eigenvalue weighted by molar-refractivity contribution is -0.121. The molecule has 2 amide bonds. The Balaban J connectivity index is 1.79. The molecule has 32 heavy (non-hydrogen) atoms. The molecule has 2 atom stereocenters. The minimum absolute atomic E-state index is 0.000675. The van der Waals surface area contributed by atoms with Crippen molar-refractivity contribution in [2.45, 2.75) is 32.7 Å². The molecular formula is C23H26FN5O3. The van der Waals surface area contributed by atoms with Crippen molar-refractivity contribution in [1.29, 1.82) is 5.41 Å². The van der Waals surface area contributed by atoms with Crippen molar-refractivity contribution in [1.82, 2.24) is 4.90 Å². The fourth-order valence-electron chi connectivity index (χ4n) is 3.68. The minimum Gasteiger partial charge on any atom is -0.506 e. The number of carbonyl (C=O) groups excluding carboxylic acids is 2. The van der Waals surface area contributed by atoms with Crippen LogP contribution in [0.25, 0.3) is 0 Å². The number of nitrogens with one attached hydrogen (secondary N) is 3. The number of piperidine rings is 1. The van der Waals surface area contributed by atoms with Crippen LogP contribution in [0.3, 0.4) is 0 Å². The Hall–Kier alpha value is -3.75. The molecule has 0 spiro atoms. The molecular weight excluding hydrogens is 413 g/mol. The molecule has 1 saturated heterocycles. The molecule has 9 heteroatoms. The van der Waals surface area contributed by atoms with E-state index in [0.29, 0.717) is 24.1 Å². The number of carbonyl (C=O) groups is 2. The summed E-state index contributed by atoms with van der Waals surface area (Å²) in [5.74, 6) is -1.92. The highest BCUT2D eigenvalue weighted by Crippen LogP contribution is 2.29. The molecule has 0 radical (unpaired) electrons. The van der Waals surface area contributed by atoms with Crippen LogP contribution < -0.4 is 10.7 Å². The Morgan fingerprint density at radius 2 is 2.00 bits per heavy atom. The second-order valence-corrected chi connectivity index (χ2v) is 7.84. The number of phenolic OH excluding ortho intramolecular Hbond substituents is 1. The lowest BCUT2D eigenvalue weighted by Gasteiger charge is -2.37. The number of amides is 2. The van der Waals surface area contributed by atoms with Crippen LogP contribution in [0.2, 0.25) is 0 Å². The van der Waals surface area contributed by atoms with E-state index in [-0.39, 0.29) is 35.8 Å². The predicted octanol–water partition coefficient (Wildman–Crippen LogP) is 3.77. The van der Waals surface area contributed by atoms with Gasteiger partial charge in [-0.2, -0.15) is 5.10 Å². The van der Waals surface area contributed by atoms with Crippen LogP contribution in [0.15, 0.2) is 41.5 Å². The van der Waals surface area contributed by atoms with Crippen LogP contribution in [0.4, 0.5) is 15.8 Å². The Kier molecular flexibility index (Phi) is 7.19. The third kappa shape index (κ3) is 5.29. The standard InChI is InChI=1S/C23H26FN5O3/c1-14-3-7-19(28-26-10-9-25)18(11-14)23(32)29-13-16(5-4-15(29)2)22(31)27-20-12-17(24)6-8-21(20)30/h3,6-12,15-16,25,28,30H,4-5,13H2,1-2H3,(H,27,31)/b25-9?,26-10-/t15-,16?/m1/s1. The average molecular weight is 439 g/mol. The summed E-state index contributed by atoms with van der Waals surface area (Å²) in [6.07, 6.45) is 3.48. The van der Waals surface area contributed by atoms with E-state index < -0.39 is 11.7 Å². The summed E-state index contributed by atoms with van der Waals surface area (Å²) in [5.41, 5.74) is 4.60. The Morgan fingerprint density at radius 1 is 1.22 bits per heavy atom. The van der Waals surface area contributed by atoms with Crippen molar-refractivity contribution in [2.75, 3.05) is 17.3 Å². The van der Waals surface area contributed by atoms with E-state index in [4.69, 9.17) is 5.41 Å². The maximum absolute atomic E-state index is 13.5. The van der Waals surface area contributed by atoms with Gasteiger partial charge in [0.2, 0.25) is 5.91 Å². The quantitative estimate of drug-likeness (QED) is 0.311. The number of benzene rings is 2. The first kappa shape index (κ1) is 22.9. The van der Waals surface area contributed by atoms with Crippen molar-refractivity contribution in [3.8, 4) is 5.75 Å². The van der Waals surface area contributed by atoms with Gasteiger partial charge in [-0.1, -0.05) is 11.6 Å². The maximum atomic E-state index is 13.5. The first-order valence-corrected chi connectivity index (χ1v) is 10.3. The molecule has 3 rings (SSSR count). The van der Waals surface area contributed by atoms with Crippen LogP contribution in [0.5, 0.6) is 5.75 Å². The lowest BCUT2D eigenvalue weighted by atomic mass is 9.91. The van der Waals surface area contributed by atoms with Crippen molar-refractivity contribution >= 4 is 35.6 Å². The van der Waals surface area contributed by atoms with Gasteiger partial charge < -0.3 is 20.7 Å². The van der Waals surface area contributed by atoms with Crippen LogP contribution in [-0.2, 0) is 4.79 Å². The Morgan fingerprint density at radius 3 is 2.75 bits per heavy atom. The number of aromatic hydroxyl groups is 1. The molecule has 1 unspecified atom stereocenters. The van der Waals surface area contributed by atoms with Gasteiger partial charge in [0.25, 0.3) is 5.91 Å². The summed E-state index contributed by atoms with van der Waals surface area (Å²) in [4.78, 5) is 27.9. The van der Waals surface area contributed by atoms with E-state index in [1.165, 1.54) is 12.3 Å². The predicted molar refractivity (Wildman–Crippen MR) is 122 cm³/mol. The number of halogens is 1. The van der Waals surface area contributed by atoms with E-state index in [0.717, 1.165) is 23.9 Å². The Bertz CT molecular complexity index is 1060. The van der Waals surface area contributed by atoms with Crippen molar-refractivity contribution in [3.63, 3.8) is 0 Å². The van der Waals surface area contributed by atoms with Crippen LogP contribution in [0, 0.1) is 24.1 Å². The van der Waals surface area contributed by atoms with Crippen LogP contribution in [-0.4, -0.2) is 46.8 Å². The number of likely N-dealkylation sites (tertiary alicyclic amines) is 1. The van der Waals surface area contributed by atoms with Gasteiger partial charge in [0.15, 0.2) is 0 Å². The fourth-order valence-corrected chi connectivity index (χ4v) is 3.68. The second kappa shape index (κ2) is 10.0. The monoisotopic (exact) mass is 439 g/mol. The summed E-state index contributed by atoms with van der Waals surface area (Å²) in [6.45, 7) is 4.00. The highest BCUT2D eigenvalue weighted by molar-refractivity contribution is 6.14. The lowest BCUT2D eigenvalue weighted by Crippen LogP contribution is -2.48. The van der Waals surface area contributed by atoms with Crippen molar-refractivity contribution in [2.24, 2.45) is 11.0 Å². The topological polar surface area (TPSA) is 118 Å². The van der Waals surface area contributed by atoms with E-state index in [9.17, 15) is 19.1 Å². The summed E-state index contributed by atoms with van der Waals surface area (Å²) < 4.78 is 13.5. The van der Waals surface area contributed by atoms with Gasteiger partial charge in [-0.25, -0.2) is 4.39 Å². The zero-order valence-electron chi connectivity index (χ0n) is 17.9. The van der Waals surface area contributed by atoms with Gasteiger partial charge >= 0.3 is 0 Å². The van der Waals surface area contributed by atoms with Gasteiger partial charge in [0, 0.05) is 24.9 Å². The smallest absolute Gasteiger partial charge is 0.256 e. The second-order valence-electron chi connectivity index (χ2n) is 7.84. The number of rotatable bonds is 6. The number of hydrazone groups is 1. The van der Waals surface area contributed by atoms with Crippen LogP contribution >= 0.6 is 0 Å². The summed E-state index contributed by atoms with van der Waals surface area (Å²) in [7, 11) is 0. The number of phenols is 1. The highest BCUT2D eigenvalue weighted by atomic mass is 19.1. The van der Waals surface area contributed by atoms with E-state index in [1.54, 1.807) is 17.0 Å². The summed E-state index contributed by atoms with van der Waals surface area (Å²) in [6, 6.07) is 8.61. The van der Waals surface area contributed by atoms with Crippen LogP contribution in [0.1, 0.15) is 35.7 Å². The molecule has 1 heterocycles. The molecule has 168 valence electrons. The average Bonchev–Trinajstić information content (AvgIpc) is 2.77. The molecule has 4 N–H and O–H groups in total. The molecule has 2 aromatic rings. The largest absolute Gasteiger partial charge is 0.506 e. The molecule has 1 fully saturated rings. The maximum Gasteiger partial charge on any atom is 0.256 e. The number of anilines is 2. The van der Waals surface area contributed by atoms with Crippen molar-refractivity contribution < 1.29 is 19.1 Å². The third-order valence-electron chi connectivity index (χ3n) is 5.47. The number of aryl methyl sites for hydroxylation is 1. The zero-order valence-corrected chi connectivity index (χ0v) is 17.9. The molecule has 0 aromatic heterocycles. The molecule has 1 aliphatic rings. The van der Waals surface area contributed by atoms with Gasteiger partial charge in [-0.05, 0) is 51.0 Å². The summed E-state index contributed by atoms with van der Waals surface area (Å²) in [5, 5.41) is 23.4. The first-order valence-electron chi connectivity index (χ1n) is 10.3. The fraction of sp³-hybridized carbons (Fsp3) is 0.304. The van der Waals surface area contributed by atoms with Gasteiger partial charge in [0.05, 0.1) is 29.1 Å². The van der Waals surface area contributed by atoms with E-state index in [2.05, 4.69) is 15.8 Å². The molecule has 0 aliphatic carbocycles. The third-order valence-corrected chi connectivity index (χ3v) is 5.47. The summed E-state index contributed by atoms with van der Waals surface area (Å²) >= 11 is 0. The molecule has 0 bridgehead atoms. The number of hydrogen-bond donors (Lipinski definition) is 4. The number of hydrogen-bond acceptors (Lipinski definition) is 6. The SMILES string of the molecule is Cc1ccc(N/N=C\C=N)c(C(=O)N2CC(C(=O)Nc3cc(F)ccc3O)CC[C@H]2C)c1. The Labute approximate surface area is 185 Å². The van der Waals surface area contributed by atoms with E-state index in [1.807, 2.05) is 19.9 Å². The molecule has 2 aromatic carbocycles. The molecule has 1 aliphatic heterocycles. The minimum atomic E-state index is -0.572.